The van der Waals surface area contributed by atoms with Crippen LogP contribution >= 0.6 is 0 Å². The summed E-state index contributed by atoms with van der Waals surface area (Å²) in [7, 11) is 0. The average Bonchev–Trinajstić information content (AvgIpc) is 3.25. The molecule has 0 saturated carbocycles. The second-order valence-electron chi connectivity index (χ2n) is 9.80. The van der Waals surface area contributed by atoms with Gasteiger partial charge >= 0.3 is 0 Å². The van der Waals surface area contributed by atoms with Gasteiger partial charge in [-0.25, -0.2) is 19.0 Å². The van der Waals surface area contributed by atoms with E-state index in [9.17, 15) is 9.18 Å². The van der Waals surface area contributed by atoms with Gasteiger partial charge in [-0.3, -0.25) is 4.79 Å². The van der Waals surface area contributed by atoms with Gasteiger partial charge in [0.15, 0.2) is 5.65 Å². The Morgan fingerprint density at radius 3 is 2.38 bits per heavy atom. The maximum atomic E-state index is 13.6. The van der Waals surface area contributed by atoms with Crippen LogP contribution in [0.4, 0.5) is 10.2 Å². The summed E-state index contributed by atoms with van der Waals surface area (Å²) in [6.45, 7) is 8.94. The zero-order chi connectivity index (χ0) is 25.9. The van der Waals surface area contributed by atoms with Crippen LogP contribution in [-0.2, 0) is 11.2 Å². The molecule has 1 aliphatic heterocycles. The summed E-state index contributed by atoms with van der Waals surface area (Å²) in [6.07, 6.45) is 2.44. The van der Waals surface area contributed by atoms with Crippen LogP contribution in [0.1, 0.15) is 49.7 Å². The molecule has 0 radical (unpaired) electrons. The number of halogens is 1. The number of carbonyl (C=O) groups excluding carboxylic acids is 1. The molecule has 4 aromatic rings. The molecule has 7 nitrogen and oxygen atoms in total. The zero-order valence-electron chi connectivity index (χ0n) is 21.7. The Hall–Kier alpha value is -3.81. The van der Waals surface area contributed by atoms with Crippen molar-refractivity contribution in [2.45, 2.75) is 46.0 Å². The van der Waals surface area contributed by atoms with Gasteiger partial charge in [-0.2, -0.15) is 5.10 Å². The van der Waals surface area contributed by atoms with Crippen molar-refractivity contribution in [2.24, 2.45) is 0 Å². The SMILES string of the molecule is CCCC(C)c1nc(N2CCN(C(=O)Cc3ccccc3)CC2)c2c(C)nn(-c3ccc(F)cc3)c2n1. The molecule has 5 rings (SSSR count). The second kappa shape index (κ2) is 10.7. The number of benzene rings is 2. The first-order valence-electron chi connectivity index (χ1n) is 13.0. The summed E-state index contributed by atoms with van der Waals surface area (Å²) in [5.74, 6) is 1.71. The summed E-state index contributed by atoms with van der Waals surface area (Å²) >= 11 is 0. The van der Waals surface area contributed by atoms with Gasteiger partial charge in [-0.05, 0) is 43.2 Å². The lowest BCUT2D eigenvalue weighted by Gasteiger charge is -2.36. The fraction of sp³-hybridized carbons (Fsp3) is 0.379. The third kappa shape index (κ3) is 5.19. The average molecular weight is 501 g/mol. The summed E-state index contributed by atoms with van der Waals surface area (Å²) in [5, 5.41) is 5.69. The number of carbonyl (C=O) groups is 1. The number of fused-ring (bicyclic) bond motifs is 1. The van der Waals surface area contributed by atoms with Crippen molar-refractivity contribution in [3.8, 4) is 5.69 Å². The number of aromatic nitrogens is 4. The van der Waals surface area contributed by atoms with Gasteiger partial charge in [-0.15, -0.1) is 0 Å². The van der Waals surface area contributed by atoms with Crippen LogP contribution in [0.15, 0.2) is 54.6 Å². The Morgan fingerprint density at radius 2 is 1.70 bits per heavy atom. The minimum Gasteiger partial charge on any atom is -0.352 e. The Labute approximate surface area is 216 Å². The van der Waals surface area contributed by atoms with E-state index in [1.165, 1.54) is 12.1 Å². The molecule has 0 spiro atoms. The number of hydrogen-bond donors (Lipinski definition) is 0. The van der Waals surface area contributed by atoms with Gasteiger partial charge in [0.2, 0.25) is 5.91 Å². The monoisotopic (exact) mass is 500 g/mol. The highest BCUT2D eigenvalue weighted by Crippen LogP contribution is 2.32. The molecule has 3 heterocycles. The third-order valence-electron chi connectivity index (χ3n) is 7.06. The highest BCUT2D eigenvalue weighted by molar-refractivity contribution is 5.91. The lowest BCUT2D eigenvalue weighted by Crippen LogP contribution is -2.49. The van der Waals surface area contributed by atoms with Crippen LogP contribution in [0.2, 0.25) is 0 Å². The minimum absolute atomic E-state index is 0.149. The van der Waals surface area contributed by atoms with Gasteiger partial charge < -0.3 is 9.80 Å². The molecule has 1 atom stereocenters. The van der Waals surface area contributed by atoms with Gasteiger partial charge in [0, 0.05) is 32.1 Å². The van der Waals surface area contributed by atoms with E-state index >= 15 is 0 Å². The lowest BCUT2D eigenvalue weighted by molar-refractivity contribution is -0.130. The van der Waals surface area contributed by atoms with E-state index in [-0.39, 0.29) is 17.6 Å². The summed E-state index contributed by atoms with van der Waals surface area (Å²) in [5.41, 5.74) is 3.35. The number of nitrogens with zero attached hydrogens (tertiary/aromatic N) is 6. The van der Waals surface area contributed by atoms with Crippen LogP contribution < -0.4 is 4.90 Å². The molecular weight excluding hydrogens is 467 g/mol. The number of piperazine rings is 1. The Balaban J connectivity index is 1.46. The standard InChI is InChI=1S/C29H33FN6O/c1-4-8-20(2)27-31-28(26-21(3)33-36(29(26)32-27)24-13-11-23(30)12-14-24)35-17-15-34(16-18-35)25(37)19-22-9-6-5-7-10-22/h5-7,9-14,20H,4,8,15-19H2,1-3H3. The highest BCUT2D eigenvalue weighted by atomic mass is 19.1. The van der Waals surface area contributed by atoms with Crippen LogP contribution in [0, 0.1) is 12.7 Å². The highest BCUT2D eigenvalue weighted by Gasteiger charge is 2.27. The zero-order valence-corrected chi connectivity index (χ0v) is 21.7. The van der Waals surface area contributed by atoms with Crippen LogP contribution in [0.5, 0.6) is 0 Å². The largest absolute Gasteiger partial charge is 0.352 e. The third-order valence-corrected chi connectivity index (χ3v) is 7.06. The summed E-state index contributed by atoms with van der Waals surface area (Å²) in [4.78, 5) is 27.1. The van der Waals surface area contributed by atoms with E-state index in [1.807, 2.05) is 42.2 Å². The predicted octanol–water partition coefficient (Wildman–Crippen LogP) is 5.06. The van der Waals surface area contributed by atoms with E-state index in [0.717, 1.165) is 52.5 Å². The number of anilines is 1. The Morgan fingerprint density at radius 1 is 1.00 bits per heavy atom. The molecular formula is C29H33FN6O. The van der Waals surface area contributed by atoms with Crippen LogP contribution in [0.3, 0.4) is 0 Å². The van der Waals surface area contributed by atoms with Gasteiger partial charge in [-0.1, -0.05) is 50.6 Å². The van der Waals surface area contributed by atoms with E-state index in [0.29, 0.717) is 32.6 Å². The predicted molar refractivity (Wildman–Crippen MR) is 144 cm³/mol. The molecule has 192 valence electrons. The van der Waals surface area contributed by atoms with Crippen molar-refractivity contribution < 1.29 is 9.18 Å². The molecule has 1 amide bonds. The van der Waals surface area contributed by atoms with Gasteiger partial charge in [0.05, 0.1) is 23.2 Å². The second-order valence-corrected chi connectivity index (χ2v) is 9.80. The van der Waals surface area contributed by atoms with Crippen LogP contribution in [-0.4, -0.2) is 56.7 Å². The number of rotatable bonds is 7. The smallest absolute Gasteiger partial charge is 0.227 e. The van der Waals surface area contributed by atoms with Crippen molar-refractivity contribution in [3.63, 3.8) is 0 Å². The quantitative estimate of drug-likeness (QED) is 0.355. The van der Waals surface area contributed by atoms with Gasteiger partial charge in [0.1, 0.15) is 17.5 Å². The summed E-state index contributed by atoms with van der Waals surface area (Å²) < 4.78 is 15.4. The molecule has 0 bridgehead atoms. The summed E-state index contributed by atoms with van der Waals surface area (Å²) in [6, 6.07) is 16.2. The lowest BCUT2D eigenvalue weighted by atomic mass is 10.1. The number of amides is 1. The van der Waals surface area contributed by atoms with Crippen molar-refractivity contribution in [1.82, 2.24) is 24.6 Å². The molecule has 37 heavy (non-hydrogen) atoms. The molecule has 1 unspecified atom stereocenters. The first-order valence-corrected chi connectivity index (χ1v) is 13.0. The van der Waals surface area contributed by atoms with Crippen molar-refractivity contribution >= 4 is 22.8 Å². The van der Waals surface area contributed by atoms with Crippen LogP contribution in [0.25, 0.3) is 16.7 Å². The van der Waals surface area contributed by atoms with E-state index < -0.39 is 0 Å². The van der Waals surface area contributed by atoms with E-state index in [1.54, 1.807) is 16.8 Å². The normalized spacial score (nSPS) is 14.8. The minimum atomic E-state index is -0.288. The molecule has 1 aliphatic rings. The molecule has 1 saturated heterocycles. The molecule has 8 heteroatoms. The van der Waals surface area contributed by atoms with Crippen molar-refractivity contribution in [2.75, 3.05) is 31.1 Å². The molecule has 2 aromatic carbocycles. The Kier molecular flexibility index (Phi) is 7.17. The molecule has 0 aliphatic carbocycles. The Bertz CT molecular complexity index is 1380. The fourth-order valence-corrected chi connectivity index (χ4v) is 5.00. The maximum absolute atomic E-state index is 13.6. The van der Waals surface area contributed by atoms with Crippen molar-refractivity contribution in [1.29, 1.82) is 0 Å². The van der Waals surface area contributed by atoms with Crippen molar-refractivity contribution in [3.05, 3.63) is 77.5 Å². The first kappa shape index (κ1) is 24.9. The van der Waals surface area contributed by atoms with Gasteiger partial charge in [0.25, 0.3) is 0 Å². The topological polar surface area (TPSA) is 67.2 Å². The molecule has 1 fully saturated rings. The maximum Gasteiger partial charge on any atom is 0.227 e. The molecule has 2 aromatic heterocycles. The van der Waals surface area contributed by atoms with E-state index in [4.69, 9.17) is 15.1 Å². The number of hydrogen-bond acceptors (Lipinski definition) is 5. The molecule has 0 N–H and O–H groups in total. The van der Waals surface area contributed by atoms with E-state index in [2.05, 4.69) is 18.7 Å². The first-order chi connectivity index (χ1) is 17.9. The fourth-order valence-electron chi connectivity index (χ4n) is 5.00. The number of aryl methyl sites for hydroxylation is 1.